The van der Waals surface area contributed by atoms with Gasteiger partial charge in [-0.1, -0.05) is 17.7 Å². The lowest BCUT2D eigenvalue weighted by Crippen LogP contribution is -2.50. The summed E-state index contributed by atoms with van der Waals surface area (Å²) in [6.07, 6.45) is 1.68. The zero-order valence-corrected chi connectivity index (χ0v) is 18.6. The van der Waals surface area contributed by atoms with Crippen LogP contribution in [-0.2, 0) is 9.59 Å². The molecule has 0 aromatic heterocycles. The molecule has 1 aromatic rings. The third kappa shape index (κ3) is 4.13. The van der Waals surface area contributed by atoms with Crippen molar-refractivity contribution in [2.24, 2.45) is 22.6 Å². The molecule has 4 rings (SSSR count). The van der Waals surface area contributed by atoms with Gasteiger partial charge in [-0.3, -0.25) is 14.5 Å². The Balaban J connectivity index is 1.42. The van der Waals surface area contributed by atoms with Gasteiger partial charge in [-0.25, -0.2) is 4.99 Å². The molecule has 2 aliphatic heterocycles. The lowest BCUT2D eigenvalue weighted by molar-refractivity contribution is -0.130. The first-order valence-electron chi connectivity index (χ1n) is 10.4. The molecule has 1 saturated carbocycles. The molecule has 1 aliphatic carbocycles. The van der Waals surface area contributed by atoms with Crippen LogP contribution in [0.5, 0.6) is 5.75 Å². The van der Waals surface area contributed by atoms with Gasteiger partial charge in [0.05, 0.1) is 18.0 Å². The fourth-order valence-electron chi connectivity index (χ4n) is 4.48. The second kappa shape index (κ2) is 7.15. The zero-order chi connectivity index (χ0) is 21.8. The van der Waals surface area contributed by atoms with Crippen molar-refractivity contribution < 1.29 is 14.3 Å². The van der Waals surface area contributed by atoms with Gasteiger partial charge in [0.15, 0.2) is 5.96 Å². The van der Waals surface area contributed by atoms with Crippen LogP contribution in [0.15, 0.2) is 23.2 Å². The summed E-state index contributed by atoms with van der Waals surface area (Å²) < 4.78 is 6.04. The first-order chi connectivity index (χ1) is 14.0. The van der Waals surface area contributed by atoms with Crippen molar-refractivity contribution in [1.29, 1.82) is 0 Å². The summed E-state index contributed by atoms with van der Waals surface area (Å²) in [6, 6.07) is 5.33. The van der Waals surface area contributed by atoms with Crippen molar-refractivity contribution in [3.05, 3.63) is 28.8 Å². The largest absolute Gasteiger partial charge is 0.487 e. The van der Waals surface area contributed by atoms with Crippen LogP contribution in [0.25, 0.3) is 0 Å². The van der Waals surface area contributed by atoms with Crippen molar-refractivity contribution in [2.45, 2.75) is 64.1 Å². The van der Waals surface area contributed by atoms with Gasteiger partial charge in [-0.05, 0) is 52.2 Å². The average molecular weight is 433 g/mol. The number of carbonyl (C=O) groups excluding carboxylic acids is 2. The minimum absolute atomic E-state index is 0.0196. The number of halogens is 1. The third-order valence-electron chi connectivity index (χ3n) is 6.01. The fraction of sp³-hybridized carbons (Fsp3) is 0.591. The highest BCUT2D eigenvalue weighted by Crippen LogP contribution is 2.45. The van der Waals surface area contributed by atoms with Gasteiger partial charge in [0.2, 0.25) is 11.8 Å². The first kappa shape index (κ1) is 21.0. The molecule has 1 aromatic carbocycles. The molecule has 162 valence electrons. The number of carbonyl (C=O) groups is 2. The number of ether oxygens (including phenoxy) is 1. The standard InChI is InChI=1S/C22H29ClN4O3/c1-21(2)10-17(28)27(20(24)26-21)11-12-8-13(12)19(29)25-15-9-22(3,4)30-16-7-5-6-14(23)18(15)16/h5-7,12-13,15H,8-11H2,1-4H3,(H2,24,26)(H,25,29)/t12-,13+,15?/m0/s1. The Hall–Kier alpha value is -2.28. The predicted molar refractivity (Wildman–Crippen MR) is 115 cm³/mol. The summed E-state index contributed by atoms with van der Waals surface area (Å²) in [4.78, 5) is 31.4. The number of guanidine groups is 1. The van der Waals surface area contributed by atoms with Crippen LogP contribution >= 0.6 is 11.6 Å². The predicted octanol–water partition coefficient (Wildman–Crippen LogP) is 3.02. The van der Waals surface area contributed by atoms with E-state index in [2.05, 4.69) is 10.3 Å². The molecule has 0 radical (unpaired) electrons. The molecule has 1 unspecified atom stereocenters. The molecular formula is C22H29ClN4O3. The van der Waals surface area contributed by atoms with E-state index >= 15 is 0 Å². The average Bonchev–Trinajstić information content (AvgIpc) is 3.35. The molecule has 3 atom stereocenters. The molecule has 0 bridgehead atoms. The summed E-state index contributed by atoms with van der Waals surface area (Å²) in [7, 11) is 0. The summed E-state index contributed by atoms with van der Waals surface area (Å²) in [5.74, 6) is 0.843. The van der Waals surface area contributed by atoms with E-state index in [0.29, 0.717) is 30.2 Å². The molecule has 8 heteroatoms. The van der Waals surface area contributed by atoms with E-state index in [9.17, 15) is 9.59 Å². The maximum Gasteiger partial charge on any atom is 0.231 e. The van der Waals surface area contributed by atoms with Gasteiger partial charge < -0.3 is 15.8 Å². The molecule has 2 amide bonds. The Morgan fingerprint density at radius 1 is 1.37 bits per heavy atom. The normalized spacial score (nSPS) is 28.8. The van der Waals surface area contributed by atoms with Gasteiger partial charge in [0.1, 0.15) is 11.4 Å². The number of hydrogen-bond acceptors (Lipinski definition) is 5. The molecule has 0 spiro atoms. The van der Waals surface area contributed by atoms with Crippen molar-refractivity contribution in [1.82, 2.24) is 10.2 Å². The minimum Gasteiger partial charge on any atom is -0.487 e. The summed E-state index contributed by atoms with van der Waals surface area (Å²) in [5, 5.41) is 3.76. The number of aliphatic imine (C=N–C) groups is 1. The van der Waals surface area contributed by atoms with Gasteiger partial charge in [-0.2, -0.15) is 0 Å². The molecule has 0 saturated heterocycles. The van der Waals surface area contributed by atoms with Gasteiger partial charge >= 0.3 is 0 Å². The van der Waals surface area contributed by atoms with E-state index < -0.39 is 11.1 Å². The van der Waals surface area contributed by atoms with Crippen molar-refractivity contribution in [2.75, 3.05) is 6.54 Å². The van der Waals surface area contributed by atoms with E-state index in [4.69, 9.17) is 22.1 Å². The van der Waals surface area contributed by atoms with Crippen LogP contribution in [-0.4, -0.2) is 40.4 Å². The Morgan fingerprint density at radius 2 is 2.10 bits per heavy atom. The Labute approximate surface area is 182 Å². The molecule has 1 fully saturated rings. The van der Waals surface area contributed by atoms with Crippen molar-refractivity contribution in [3.63, 3.8) is 0 Å². The lowest BCUT2D eigenvalue weighted by Gasteiger charge is -2.38. The molecular weight excluding hydrogens is 404 g/mol. The zero-order valence-electron chi connectivity index (χ0n) is 17.9. The van der Waals surface area contributed by atoms with E-state index in [0.717, 1.165) is 12.0 Å². The van der Waals surface area contributed by atoms with Gasteiger partial charge in [0.25, 0.3) is 0 Å². The minimum atomic E-state index is -0.472. The third-order valence-corrected chi connectivity index (χ3v) is 6.34. The highest BCUT2D eigenvalue weighted by Gasteiger charge is 2.47. The van der Waals surface area contributed by atoms with E-state index in [1.807, 2.05) is 45.9 Å². The van der Waals surface area contributed by atoms with Crippen LogP contribution in [0.3, 0.4) is 0 Å². The number of nitrogens with one attached hydrogen (secondary N) is 1. The summed E-state index contributed by atoms with van der Waals surface area (Å²) in [6.45, 7) is 8.21. The Morgan fingerprint density at radius 3 is 2.80 bits per heavy atom. The maximum atomic E-state index is 13.0. The second-order valence-corrected chi connectivity index (χ2v) is 10.3. The van der Waals surface area contributed by atoms with Crippen LogP contribution in [0, 0.1) is 11.8 Å². The van der Waals surface area contributed by atoms with E-state index in [1.165, 1.54) is 4.90 Å². The van der Waals surface area contributed by atoms with Crippen LogP contribution in [0.1, 0.15) is 58.6 Å². The second-order valence-electron chi connectivity index (χ2n) is 9.84. The summed E-state index contributed by atoms with van der Waals surface area (Å²) >= 11 is 6.42. The van der Waals surface area contributed by atoms with Crippen LogP contribution in [0.2, 0.25) is 5.02 Å². The Kier molecular flexibility index (Phi) is 5.00. The lowest BCUT2D eigenvalue weighted by atomic mass is 9.89. The number of hydrogen-bond donors (Lipinski definition) is 2. The summed E-state index contributed by atoms with van der Waals surface area (Å²) in [5.41, 5.74) is 5.97. The van der Waals surface area contributed by atoms with E-state index in [-0.39, 0.29) is 35.7 Å². The number of benzene rings is 1. The van der Waals surface area contributed by atoms with Crippen LogP contribution in [0.4, 0.5) is 0 Å². The smallest absolute Gasteiger partial charge is 0.231 e. The number of nitrogens with two attached hydrogens (primary N) is 1. The Bertz CT molecular complexity index is 927. The number of nitrogens with zero attached hydrogens (tertiary/aromatic N) is 2. The quantitative estimate of drug-likeness (QED) is 0.764. The number of rotatable bonds is 4. The van der Waals surface area contributed by atoms with Crippen molar-refractivity contribution in [3.8, 4) is 5.75 Å². The van der Waals surface area contributed by atoms with Gasteiger partial charge in [0, 0.05) is 29.5 Å². The molecule has 3 aliphatic rings. The molecule has 3 N–H and O–H groups in total. The SMILES string of the molecule is CC1(C)CC(=O)N(C[C@@H]2C[C@H]2C(=O)NC2CC(C)(C)Oc3cccc(Cl)c32)C(N)=N1. The fourth-order valence-corrected chi connectivity index (χ4v) is 4.78. The molecule has 30 heavy (non-hydrogen) atoms. The van der Waals surface area contributed by atoms with Crippen LogP contribution < -0.4 is 15.8 Å². The van der Waals surface area contributed by atoms with Crippen molar-refractivity contribution >= 4 is 29.4 Å². The first-order valence-corrected chi connectivity index (χ1v) is 10.8. The highest BCUT2D eigenvalue weighted by molar-refractivity contribution is 6.31. The topological polar surface area (TPSA) is 97.0 Å². The van der Waals surface area contributed by atoms with E-state index in [1.54, 1.807) is 0 Å². The molecule has 2 heterocycles. The monoisotopic (exact) mass is 432 g/mol. The number of fused-ring (bicyclic) bond motifs is 1. The highest BCUT2D eigenvalue weighted by atomic mass is 35.5. The van der Waals surface area contributed by atoms with Gasteiger partial charge in [-0.15, -0.1) is 0 Å². The molecule has 7 nitrogen and oxygen atoms in total. The number of amides is 2. The maximum absolute atomic E-state index is 13.0.